The van der Waals surface area contributed by atoms with E-state index in [0.717, 1.165) is 36.2 Å². The minimum absolute atomic E-state index is 0.163. The molecule has 0 amide bonds. The first-order valence-corrected chi connectivity index (χ1v) is 14.6. The van der Waals surface area contributed by atoms with Crippen LogP contribution in [0.3, 0.4) is 0 Å². The van der Waals surface area contributed by atoms with Gasteiger partial charge in [-0.1, -0.05) is 108 Å². The van der Waals surface area contributed by atoms with Gasteiger partial charge in [0.1, 0.15) is 18.2 Å². The van der Waals surface area contributed by atoms with Crippen LogP contribution in [0.1, 0.15) is 96.1 Å². The van der Waals surface area contributed by atoms with Crippen LogP contribution in [0.15, 0.2) is 54.6 Å². The van der Waals surface area contributed by atoms with E-state index in [1.165, 1.54) is 68.9 Å². The number of ether oxygens (including phenoxy) is 2. The van der Waals surface area contributed by atoms with Crippen molar-refractivity contribution < 1.29 is 18.8 Å². The van der Waals surface area contributed by atoms with E-state index in [1.807, 2.05) is 25.1 Å². The summed E-state index contributed by atoms with van der Waals surface area (Å²) in [5.74, 6) is 0.393. The summed E-state index contributed by atoms with van der Waals surface area (Å²) in [5, 5.41) is 0. The molecule has 0 aromatic heterocycles. The summed E-state index contributed by atoms with van der Waals surface area (Å²) in [7, 11) is 4.33. The fourth-order valence-electron chi connectivity index (χ4n) is 4.96. The van der Waals surface area contributed by atoms with Crippen LogP contribution in [-0.4, -0.2) is 37.4 Å². The van der Waals surface area contributed by atoms with Crippen LogP contribution in [0, 0.1) is 5.92 Å². The number of rotatable bonds is 19. The minimum Gasteiger partial charge on any atom is -0.455 e. The number of esters is 1. The molecule has 0 bridgehead atoms. The van der Waals surface area contributed by atoms with E-state index in [2.05, 4.69) is 57.4 Å². The van der Waals surface area contributed by atoms with Gasteiger partial charge in [-0.3, -0.25) is 4.79 Å². The monoisotopic (exact) mass is 510 g/mol. The molecule has 2 rings (SSSR count). The maximum absolute atomic E-state index is 12.9. The number of carbonyl (C=O) groups excluding carboxylic acids is 1. The number of aryl methyl sites for hydroxylation is 1. The lowest BCUT2D eigenvalue weighted by Gasteiger charge is -2.33. The van der Waals surface area contributed by atoms with Crippen LogP contribution in [0.4, 0.5) is 0 Å². The minimum atomic E-state index is -0.616. The first-order chi connectivity index (χ1) is 17.8. The molecule has 2 unspecified atom stereocenters. The van der Waals surface area contributed by atoms with Crippen LogP contribution < -0.4 is 4.74 Å². The van der Waals surface area contributed by atoms with Gasteiger partial charge in [0.25, 0.3) is 0 Å². The summed E-state index contributed by atoms with van der Waals surface area (Å²) in [6.07, 6.45) is 13.4. The van der Waals surface area contributed by atoms with Crippen LogP contribution in [0.2, 0.25) is 0 Å². The second-order valence-electron chi connectivity index (χ2n) is 11.2. The van der Waals surface area contributed by atoms with E-state index in [0.29, 0.717) is 0 Å². The number of benzene rings is 2. The third kappa shape index (κ3) is 13.2. The predicted octanol–water partition coefficient (Wildman–Crippen LogP) is 8.33. The van der Waals surface area contributed by atoms with Crippen molar-refractivity contribution in [3.63, 3.8) is 0 Å². The highest BCUT2D eigenvalue weighted by Gasteiger charge is 2.29. The molecule has 0 aliphatic rings. The van der Waals surface area contributed by atoms with Gasteiger partial charge < -0.3 is 14.0 Å². The van der Waals surface area contributed by atoms with Gasteiger partial charge in [-0.05, 0) is 37.0 Å². The third-order valence-electron chi connectivity index (χ3n) is 7.07. The molecule has 0 N–H and O–H groups in total. The molecule has 206 valence electrons. The predicted molar refractivity (Wildman–Crippen MR) is 154 cm³/mol. The Morgan fingerprint density at radius 2 is 1.38 bits per heavy atom. The van der Waals surface area contributed by atoms with Crippen molar-refractivity contribution in [3.8, 4) is 5.75 Å². The highest BCUT2D eigenvalue weighted by Crippen LogP contribution is 2.20. The van der Waals surface area contributed by atoms with Gasteiger partial charge in [0.2, 0.25) is 6.29 Å². The number of carbonyl (C=O) groups is 1. The smallest absolute Gasteiger partial charge is 0.317 e. The highest BCUT2D eigenvalue weighted by atomic mass is 16.7. The molecule has 37 heavy (non-hydrogen) atoms. The van der Waals surface area contributed by atoms with Crippen molar-refractivity contribution in [3.05, 3.63) is 65.7 Å². The Balaban J connectivity index is 1.70. The molecule has 2 aromatic rings. The molecule has 0 fully saturated rings. The van der Waals surface area contributed by atoms with E-state index in [1.54, 1.807) is 6.92 Å². The molecular weight excluding hydrogens is 458 g/mol. The van der Waals surface area contributed by atoms with E-state index >= 15 is 0 Å². The van der Waals surface area contributed by atoms with Crippen molar-refractivity contribution in [1.29, 1.82) is 0 Å². The molecular formula is C33H52NO3+. The van der Waals surface area contributed by atoms with E-state index in [4.69, 9.17) is 9.47 Å². The Morgan fingerprint density at radius 1 is 0.784 bits per heavy atom. The molecule has 0 spiro atoms. The van der Waals surface area contributed by atoms with E-state index in [-0.39, 0.29) is 11.9 Å². The number of hydrogen-bond donors (Lipinski definition) is 0. The molecule has 0 aliphatic carbocycles. The van der Waals surface area contributed by atoms with Crippen molar-refractivity contribution in [2.45, 2.75) is 104 Å². The zero-order valence-corrected chi connectivity index (χ0v) is 24.2. The first kappa shape index (κ1) is 30.9. The Bertz CT molecular complexity index is 863. The summed E-state index contributed by atoms with van der Waals surface area (Å²) in [4.78, 5) is 12.9. The number of hydrogen-bond acceptors (Lipinski definition) is 3. The fourth-order valence-corrected chi connectivity index (χ4v) is 4.96. The number of nitrogens with zero attached hydrogens (tertiary/aromatic N) is 1. The van der Waals surface area contributed by atoms with Gasteiger partial charge in [-0.25, -0.2) is 0 Å². The maximum Gasteiger partial charge on any atom is 0.317 e. The topological polar surface area (TPSA) is 35.5 Å². The third-order valence-corrected chi connectivity index (χ3v) is 7.07. The summed E-state index contributed by atoms with van der Waals surface area (Å²) in [5.41, 5.74) is 2.61. The lowest BCUT2D eigenvalue weighted by molar-refractivity contribution is -0.906. The van der Waals surface area contributed by atoms with Crippen LogP contribution in [-0.2, 0) is 22.5 Å². The quantitative estimate of drug-likeness (QED) is 0.0824. The van der Waals surface area contributed by atoms with Gasteiger partial charge in [0, 0.05) is 12.5 Å². The lowest BCUT2D eigenvalue weighted by Crippen LogP contribution is -2.45. The Morgan fingerprint density at radius 3 is 1.97 bits per heavy atom. The average Bonchev–Trinajstić information content (AvgIpc) is 2.87. The lowest BCUT2D eigenvalue weighted by atomic mass is 10.0. The van der Waals surface area contributed by atoms with Gasteiger partial charge in [0.05, 0.1) is 20.6 Å². The SMILES string of the molecule is CCCCCCCCCCCc1ccc(OC(C)OC(=O)C(CC)C[N+](C)(C)Cc2ccccc2)cc1. The van der Waals surface area contributed by atoms with Crippen molar-refractivity contribution in [1.82, 2.24) is 0 Å². The molecule has 4 heteroatoms. The Kier molecular flexibility index (Phi) is 14.4. The molecule has 0 saturated heterocycles. The van der Waals surface area contributed by atoms with Crippen molar-refractivity contribution in [2.75, 3.05) is 20.6 Å². The maximum atomic E-state index is 12.9. The molecule has 4 nitrogen and oxygen atoms in total. The molecule has 0 saturated carbocycles. The van der Waals surface area contributed by atoms with Gasteiger partial charge >= 0.3 is 5.97 Å². The molecule has 0 radical (unpaired) electrons. The zero-order valence-electron chi connectivity index (χ0n) is 24.2. The van der Waals surface area contributed by atoms with Crippen LogP contribution >= 0.6 is 0 Å². The van der Waals surface area contributed by atoms with Crippen molar-refractivity contribution >= 4 is 5.97 Å². The molecule has 2 atom stereocenters. The Hall–Kier alpha value is -2.33. The van der Waals surface area contributed by atoms with Crippen molar-refractivity contribution in [2.24, 2.45) is 5.92 Å². The molecule has 0 heterocycles. The normalized spacial score (nSPS) is 13.2. The summed E-state index contributed by atoms with van der Waals surface area (Å²) in [6, 6.07) is 18.7. The van der Waals surface area contributed by atoms with E-state index in [9.17, 15) is 4.79 Å². The number of unbranched alkanes of at least 4 members (excludes halogenated alkanes) is 8. The summed E-state index contributed by atoms with van der Waals surface area (Å²) < 4.78 is 12.3. The number of quaternary nitrogens is 1. The zero-order chi connectivity index (χ0) is 26.9. The van der Waals surface area contributed by atoms with Crippen LogP contribution in [0.5, 0.6) is 5.75 Å². The fraction of sp³-hybridized carbons (Fsp3) is 0.606. The summed E-state index contributed by atoms with van der Waals surface area (Å²) >= 11 is 0. The summed E-state index contributed by atoms with van der Waals surface area (Å²) in [6.45, 7) is 7.72. The highest BCUT2D eigenvalue weighted by molar-refractivity contribution is 5.72. The second-order valence-corrected chi connectivity index (χ2v) is 11.2. The van der Waals surface area contributed by atoms with Crippen LogP contribution in [0.25, 0.3) is 0 Å². The second kappa shape index (κ2) is 17.2. The Labute approximate surface area is 227 Å². The van der Waals surface area contributed by atoms with Gasteiger partial charge in [0.15, 0.2) is 0 Å². The van der Waals surface area contributed by atoms with E-state index < -0.39 is 6.29 Å². The van der Waals surface area contributed by atoms with Gasteiger partial charge in [-0.2, -0.15) is 0 Å². The average molecular weight is 511 g/mol. The molecule has 2 aromatic carbocycles. The first-order valence-electron chi connectivity index (χ1n) is 14.6. The largest absolute Gasteiger partial charge is 0.455 e. The molecule has 0 aliphatic heterocycles. The van der Waals surface area contributed by atoms with Gasteiger partial charge in [-0.15, -0.1) is 0 Å². The standard InChI is InChI=1S/C33H52NO3/c1-6-8-9-10-11-12-13-14-16-19-29-22-24-32(25-23-29)36-28(3)37-33(35)31(7-2)27-34(4,5)26-30-20-17-15-18-21-30/h15,17-18,20-25,28,31H,6-14,16,19,26-27H2,1-5H3/q+1.